The number of ether oxygens (including phenoxy) is 1. The van der Waals surface area contributed by atoms with E-state index in [1.54, 1.807) is 41.8 Å². The number of carbonyl (C=O) groups excluding carboxylic acids is 3. The number of hydrogen-bond acceptors (Lipinski definition) is 6. The van der Waals surface area contributed by atoms with Crippen LogP contribution in [0.3, 0.4) is 0 Å². The molecule has 0 bridgehead atoms. The van der Waals surface area contributed by atoms with E-state index in [0.717, 1.165) is 9.80 Å². The van der Waals surface area contributed by atoms with Crippen molar-refractivity contribution in [2.45, 2.75) is 0 Å². The predicted octanol–water partition coefficient (Wildman–Crippen LogP) is 4.13. The lowest BCUT2D eigenvalue weighted by Gasteiger charge is -2.23. The zero-order valence-electron chi connectivity index (χ0n) is 16.0. The molecule has 4 rings (SSSR count). The molecule has 0 unspecified atom stereocenters. The van der Waals surface area contributed by atoms with Gasteiger partial charge in [0.2, 0.25) is 0 Å². The quantitative estimate of drug-likeness (QED) is 0.428. The number of thiocarbonyl (C=S) groups is 1. The summed E-state index contributed by atoms with van der Waals surface area (Å²) < 4.78 is 18.9. The fourth-order valence-electron chi connectivity index (χ4n) is 3.14. The molecule has 6 nitrogen and oxygen atoms in total. The molecular weight excluding hydrogens is 439 g/mol. The van der Waals surface area contributed by atoms with Crippen LogP contribution in [0.5, 0.6) is 0 Å². The van der Waals surface area contributed by atoms with Crippen molar-refractivity contribution >= 4 is 52.1 Å². The van der Waals surface area contributed by atoms with Crippen LogP contribution in [-0.2, 0) is 4.74 Å². The minimum atomic E-state index is -0.454. The molecule has 9 heteroatoms. The Morgan fingerprint density at radius 1 is 1.00 bits per heavy atom. The first kappa shape index (κ1) is 20.8. The second-order valence-corrected chi connectivity index (χ2v) is 7.81. The SMILES string of the molecule is O=C1c2ccccc2C(=O)N1CCOC(=S)N(C(=O)c1cccs1)c1ccc(F)cc1. The number of fused-ring (bicyclic) bond motifs is 1. The summed E-state index contributed by atoms with van der Waals surface area (Å²) in [4.78, 5) is 40.5. The fraction of sp³-hybridized carbons (Fsp3) is 0.0909. The third-order valence-corrected chi connectivity index (χ3v) is 5.78. The Kier molecular flexibility index (Phi) is 5.88. The Labute approximate surface area is 186 Å². The molecule has 0 atom stereocenters. The van der Waals surface area contributed by atoms with E-state index in [0.29, 0.717) is 21.7 Å². The molecule has 0 saturated carbocycles. The Balaban J connectivity index is 1.47. The molecule has 3 aromatic rings. The maximum atomic E-state index is 13.4. The van der Waals surface area contributed by atoms with E-state index in [2.05, 4.69) is 0 Å². The highest BCUT2D eigenvalue weighted by Crippen LogP contribution is 2.23. The van der Waals surface area contributed by atoms with Crippen molar-refractivity contribution in [1.82, 2.24) is 4.90 Å². The summed E-state index contributed by atoms with van der Waals surface area (Å²) in [6, 6.07) is 15.2. The van der Waals surface area contributed by atoms with Crippen molar-refractivity contribution in [2.24, 2.45) is 0 Å². The van der Waals surface area contributed by atoms with Crippen LogP contribution < -0.4 is 4.90 Å². The van der Waals surface area contributed by atoms with Crippen LogP contribution in [0, 0.1) is 5.82 Å². The van der Waals surface area contributed by atoms with E-state index in [9.17, 15) is 18.8 Å². The minimum Gasteiger partial charge on any atom is -0.468 e. The van der Waals surface area contributed by atoms with Crippen molar-refractivity contribution in [2.75, 3.05) is 18.1 Å². The van der Waals surface area contributed by atoms with Crippen LogP contribution in [0.1, 0.15) is 30.4 Å². The number of hydrogen-bond donors (Lipinski definition) is 0. The number of amides is 3. The zero-order valence-corrected chi connectivity index (χ0v) is 17.6. The molecule has 2 heterocycles. The van der Waals surface area contributed by atoms with Crippen LogP contribution in [0.15, 0.2) is 66.0 Å². The summed E-state index contributed by atoms with van der Waals surface area (Å²) in [5, 5.41) is 1.59. The van der Waals surface area contributed by atoms with Crippen LogP contribution in [0.25, 0.3) is 0 Å². The highest BCUT2D eigenvalue weighted by molar-refractivity contribution is 7.80. The van der Waals surface area contributed by atoms with Crippen molar-refractivity contribution in [3.05, 3.63) is 87.9 Å². The van der Waals surface area contributed by atoms with Gasteiger partial charge in [0.25, 0.3) is 22.9 Å². The molecule has 2 aromatic carbocycles. The molecule has 156 valence electrons. The van der Waals surface area contributed by atoms with Crippen molar-refractivity contribution in [1.29, 1.82) is 0 Å². The molecule has 0 fully saturated rings. The second kappa shape index (κ2) is 8.75. The first-order chi connectivity index (χ1) is 15.0. The van der Waals surface area contributed by atoms with Crippen molar-refractivity contribution in [3.63, 3.8) is 0 Å². The average molecular weight is 455 g/mol. The van der Waals surface area contributed by atoms with Crippen molar-refractivity contribution in [3.8, 4) is 0 Å². The molecule has 3 amide bonds. The van der Waals surface area contributed by atoms with Crippen LogP contribution >= 0.6 is 23.6 Å². The van der Waals surface area contributed by atoms with Gasteiger partial charge in [0.05, 0.1) is 28.2 Å². The summed E-state index contributed by atoms with van der Waals surface area (Å²) >= 11 is 6.55. The molecule has 1 aromatic heterocycles. The normalized spacial score (nSPS) is 12.6. The van der Waals surface area contributed by atoms with Gasteiger partial charge in [-0.25, -0.2) is 9.29 Å². The van der Waals surface area contributed by atoms with Crippen molar-refractivity contribution < 1.29 is 23.5 Å². The lowest BCUT2D eigenvalue weighted by atomic mass is 10.1. The van der Waals surface area contributed by atoms with Crippen LogP contribution in [0.2, 0.25) is 0 Å². The van der Waals surface area contributed by atoms with Gasteiger partial charge in [0.1, 0.15) is 12.4 Å². The Bertz CT molecular complexity index is 1130. The number of imide groups is 1. The van der Waals surface area contributed by atoms with E-state index in [1.165, 1.54) is 35.6 Å². The molecule has 0 aliphatic carbocycles. The molecular formula is C22H15FN2O4S2. The monoisotopic (exact) mass is 454 g/mol. The summed E-state index contributed by atoms with van der Waals surface area (Å²) in [5.74, 6) is -1.68. The van der Waals surface area contributed by atoms with Crippen LogP contribution in [-0.4, -0.2) is 40.9 Å². The molecule has 0 saturated heterocycles. The van der Waals surface area contributed by atoms with Gasteiger partial charge in [-0.3, -0.25) is 19.3 Å². The number of rotatable bonds is 5. The smallest absolute Gasteiger partial charge is 0.275 e. The summed E-state index contributed by atoms with van der Waals surface area (Å²) in [6.45, 7) is -0.128. The lowest BCUT2D eigenvalue weighted by Crippen LogP contribution is -2.39. The number of benzene rings is 2. The topological polar surface area (TPSA) is 66.9 Å². The molecule has 0 N–H and O–H groups in total. The number of thiophene rings is 1. The molecule has 1 aliphatic heterocycles. The standard InChI is InChI=1S/C22H15FN2O4S2/c23-14-7-9-15(10-8-14)25(21(28)18-6-3-13-31-18)22(30)29-12-11-24-19(26)16-4-1-2-5-17(16)20(24)27/h1-10,13H,11-12H2. The Hall–Kier alpha value is -3.43. The van der Waals surface area contributed by atoms with Gasteiger partial charge in [-0.2, -0.15) is 0 Å². The highest BCUT2D eigenvalue weighted by atomic mass is 32.1. The summed E-state index contributed by atoms with van der Waals surface area (Å²) in [7, 11) is 0. The van der Waals surface area contributed by atoms with Gasteiger partial charge in [0, 0.05) is 0 Å². The van der Waals surface area contributed by atoms with E-state index in [1.807, 2.05) is 0 Å². The van der Waals surface area contributed by atoms with Gasteiger partial charge in [-0.05, 0) is 60.1 Å². The maximum absolute atomic E-state index is 13.4. The van der Waals surface area contributed by atoms with E-state index < -0.39 is 23.5 Å². The minimum absolute atomic E-state index is 0.0308. The number of carbonyl (C=O) groups is 3. The molecule has 0 spiro atoms. The number of halogens is 1. The highest BCUT2D eigenvalue weighted by Gasteiger charge is 2.35. The largest absolute Gasteiger partial charge is 0.468 e. The average Bonchev–Trinajstić information content (AvgIpc) is 3.39. The molecule has 0 radical (unpaired) electrons. The number of anilines is 1. The Morgan fingerprint density at radius 3 is 2.23 bits per heavy atom. The lowest BCUT2D eigenvalue weighted by molar-refractivity contribution is 0.0627. The third-order valence-electron chi connectivity index (χ3n) is 4.62. The fourth-order valence-corrected chi connectivity index (χ4v) is 4.06. The van der Waals surface area contributed by atoms with Gasteiger partial charge >= 0.3 is 0 Å². The summed E-state index contributed by atoms with van der Waals surface area (Å²) in [6.07, 6.45) is 0. The summed E-state index contributed by atoms with van der Waals surface area (Å²) in [5.41, 5.74) is 1.03. The second-order valence-electron chi connectivity index (χ2n) is 6.52. The first-order valence-electron chi connectivity index (χ1n) is 9.23. The Morgan fingerprint density at radius 2 is 1.65 bits per heavy atom. The molecule has 31 heavy (non-hydrogen) atoms. The zero-order chi connectivity index (χ0) is 22.0. The predicted molar refractivity (Wildman–Crippen MR) is 118 cm³/mol. The maximum Gasteiger partial charge on any atom is 0.275 e. The van der Waals surface area contributed by atoms with Gasteiger partial charge < -0.3 is 4.74 Å². The van der Waals surface area contributed by atoms with E-state index >= 15 is 0 Å². The van der Waals surface area contributed by atoms with Gasteiger partial charge in [-0.1, -0.05) is 18.2 Å². The van der Waals surface area contributed by atoms with Crippen LogP contribution in [0.4, 0.5) is 10.1 Å². The van der Waals surface area contributed by atoms with E-state index in [-0.39, 0.29) is 18.3 Å². The van der Waals surface area contributed by atoms with Gasteiger partial charge in [-0.15, -0.1) is 11.3 Å². The van der Waals surface area contributed by atoms with E-state index in [4.69, 9.17) is 17.0 Å². The third kappa shape index (κ3) is 4.10. The number of nitrogens with zero attached hydrogens (tertiary/aromatic N) is 2. The first-order valence-corrected chi connectivity index (χ1v) is 10.5. The van der Waals surface area contributed by atoms with Gasteiger partial charge in [0.15, 0.2) is 0 Å². The molecule has 1 aliphatic rings.